The minimum Gasteiger partial charge on any atom is -0.349 e. The average molecular weight is 247 g/mol. The molecule has 0 saturated heterocycles. The summed E-state index contributed by atoms with van der Waals surface area (Å²) in [7, 11) is 0. The van der Waals surface area contributed by atoms with Gasteiger partial charge in [0.15, 0.2) is 0 Å². The first-order valence-corrected chi connectivity index (χ1v) is 6.59. The van der Waals surface area contributed by atoms with Gasteiger partial charge in [0.1, 0.15) is 11.6 Å². The Hall–Kier alpha value is -1.62. The van der Waals surface area contributed by atoms with Crippen LogP contribution < -0.4 is 5.32 Å². The molecule has 0 bridgehead atoms. The van der Waals surface area contributed by atoms with Crippen molar-refractivity contribution in [1.82, 2.24) is 24.8 Å². The molecule has 0 unspecified atom stereocenters. The number of imidazole rings is 2. The number of nitrogens with one attached hydrogen (secondary N) is 2. The summed E-state index contributed by atoms with van der Waals surface area (Å²) in [5.74, 6) is 2.18. The molecule has 18 heavy (non-hydrogen) atoms. The second-order valence-corrected chi connectivity index (χ2v) is 4.35. The zero-order valence-corrected chi connectivity index (χ0v) is 10.9. The molecule has 0 aliphatic carbocycles. The van der Waals surface area contributed by atoms with Crippen LogP contribution in [0, 0.1) is 0 Å². The fourth-order valence-corrected chi connectivity index (χ4v) is 1.97. The normalized spacial score (nSPS) is 10.9. The first-order valence-electron chi connectivity index (χ1n) is 6.59. The van der Waals surface area contributed by atoms with Gasteiger partial charge < -0.3 is 14.9 Å². The Bertz CT molecular complexity index is 432. The molecule has 0 aliphatic heterocycles. The molecule has 0 radical (unpaired) electrons. The summed E-state index contributed by atoms with van der Waals surface area (Å²) in [6, 6.07) is 0. The average Bonchev–Trinajstić information content (AvgIpc) is 3.01. The van der Waals surface area contributed by atoms with E-state index < -0.39 is 0 Å². The van der Waals surface area contributed by atoms with E-state index in [-0.39, 0.29) is 0 Å². The third-order valence-electron chi connectivity index (χ3n) is 2.87. The van der Waals surface area contributed by atoms with Crippen molar-refractivity contribution in [2.75, 3.05) is 6.54 Å². The summed E-state index contributed by atoms with van der Waals surface area (Å²) in [4.78, 5) is 11.7. The molecule has 0 spiro atoms. The maximum Gasteiger partial charge on any atom is 0.122 e. The number of hydrogen-bond donors (Lipinski definition) is 2. The zero-order chi connectivity index (χ0) is 12.6. The van der Waals surface area contributed by atoms with E-state index in [2.05, 4.69) is 31.8 Å². The number of aryl methyl sites for hydroxylation is 2. The van der Waals surface area contributed by atoms with Crippen molar-refractivity contribution < 1.29 is 0 Å². The quantitative estimate of drug-likeness (QED) is 0.699. The van der Waals surface area contributed by atoms with Crippen molar-refractivity contribution in [2.45, 2.75) is 39.3 Å². The minimum atomic E-state index is 0.838. The third-order valence-corrected chi connectivity index (χ3v) is 2.87. The molecule has 0 aromatic carbocycles. The van der Waals surface area contributed by atoms with Crippen LogP contribution in [0.1, 0.15) is 31.4 Å². The Morgan fingerprint density at radius 1 is 1.33 bits per heavy atom. The Kier molecular flexibility index (Phi) is 4.96. The number of nitrogens with zero attached hydrogens (tertiary/aromatic N) is 3. The number of rotatable bonds is 8. The van der Waals surface area contributed by atoms with E-state index in [1.54, 1.807) is 6.20 Å². The molecule has 0 aliphatic rings. The Balaban J connectivity index is 1.64. The second-order valence-electron chi connectivity index (χ2n) is 4.35. The summed E-state index contributed by atoms with van der Waals surface area (Å²) < 4.78 is 2.21. The standard InChI is InChI=1S/C13H21N5/c1-2-9-18-10-8-17-13(18)11-14-5-3-4-12-15-6-7-16-12/h6-8,10,14H,2-5,9,11H2,1H3,(H,15,16). The lowest BCUT2D eigenvalue weighted by Gasteiger charge is -2.07. The molecule has 5 nitrogen and oxygen atoms in total. The van der Waals surface area contributed by atoms with Crippen LogP contribution in [0.5, 0.6) is 0 Å². The zero-order valence-electron chi connectivity index (χ0n) is 10.9. The van der Waals surface area contributed by atoms with E-state index in [9.17, 15) is 0 Å². The first-order chi connectivity index (χ1) is 8.90. The Morgan fingerprint density at radius 2 is 2.28 bits per heavy atom. The minimum absolute atomic E-state index is 0.838. The highest BCUT2D eigenvalue weighted by Crippen LogP contribution is 1.99. The van der Waals surface area contributed by atoms with Crippen LogP contribution in [0.2, 0.25) is 0 Å². The van der Waals surface area contributed by atoms with Crippen molar-refractivity contribution in [1.29, 1.82) is 0 Å². The first kappa shape index (κ1) is 12.8. The molecule has 2 aromatic heterocycles. The van der Waals surface area contributed by atoms with E-state index in [0.717, 1.165) is 50.5 Å². The molecule has 0 fully saturated rings. The van der Waals surface area contributed by atoms with Gasteiger partial charge in [-0.15, -0.1) is 0 Å². The van der Waals surface area contributed by atoms with Gasteiger partial charge >= 0.3 is 0 Å². The highest BCUT2D eigenvalue weighted by atomic mass is 15.1. The number of aromatic nitrogens is 4. The van der Waals surface area contributed by atoms with Crippen molar-refractivity contribution in [2.24, 2.45) is 0 Å². The van der Waals surface area contributed by atoms with Gasteiger partial charge in [-0.25, -0.2) is 9.97 Å². The lowest BCUT2D eigenvalue weighted by atomic mass is 10.3. The molecular formula is C13H21N5. The topological polar surface area (TPSA) is 58.5 Å². The molecule has 98 valence electrons. The number of hydrogen-bond acceptors (Lipinski definition) is 3. The molecule has 2 rings (SSSR count). The summed E-state index contributed by atoms with van der Waals surface area (Å²) in [6.07, 6.45) is 10.8. The van der Waals surface area contributed by atoms with Gasteiger partial charge in [0.25, 0.3) is 0 Å². The van der Waals surface area contributed by atoms with Crippen molar-refractivity contribution in [3.63, 3.8) is 0 Å². The summed E-state index contributed by atoms with van der Waals surface area (Å²) >= 11 is 0. The maximum atomic E-state index is 4.36. The van der Waals surface area contributed by atoms with Crippen LogP contribution in [-0.2, 0) is 19.5 Å². The third kappa shape index (κ3) is 3.70. The van der Waals surface area contributed by atoms with Gasteiger partial charge in [0.2, 0.25) is 0 Å². The monoisotopic (exact) mass is 247 g/mol. The predicted octanol–water partition coefficient (Wildman–Crippen LogP) is 1.74. The smallest absolute Gasteiger partial charge is 0.122 e. The van der Waals surface area contributed by atoms with E-state index >= 15 is 0 Å². The van der Waals surface area contributed by atoms with E-state index in [1.165, 1.54) is 0 Å². The van der Waals surface area contributed by atoms with Crippen LogP contribution >= 0.6 is 0 Å². The summed E-state index contributed by atoms with van der Waals surface area (Å²) in [6.45, 7) is 5.05. The molecule has 2 heterocycles. The van der Waals surface area contributed by atoms with Crippen LogP contribution in [0.25, 0.3) is 0 Å². The SMILES string of the molecule is CCCn1ccnc1CNCCCc1ncc[nH]1. The number of H-pyrrole nitrogens is 1. The van der Waals surface area contributed by atoms with Gasteiger partial charge in [0, 0.05) is 37.8 Å². The fourth-order valence-electron chi connectivity index (χ4n) is 1.97. The lowest BCUT2D eigenvalue weighted by Crippen LogP contribution is -2.18. The number of aromatic amines is 1. The molecule has 0 saturated carbocycles. The fraction of sp³-hybridized carbons (Fsp3) is 0.538. The predicted molar refractivity (Wildman–Crippen MR) is 71.1 cm³/mol. The molecular weight excluding hydrogens is 226 g/mol. The molecule has 0 amide bonds. The Labute approximate surface area is 108 Å². The van der Waals surface area contributed by atoms with Gasteiger partial charge in [-0.3, -0.25) is 0 Å². The van der Waals surface area contributed by atoms with Crippen molar-refractivity contribution in [3.05, 3.63) is 36.4 Å². The second kappa shape index (κ2) is 6.96. The van der Waals surface area contributed by atoms with Crippen LogP contribution in [0.3, 0.4) is 0 Å². The summed E-state index contributed by atoms with van der Waals surface area (Å²) in [5, 5.41) is 3.42. The molecule has 2 N–H and O–H groups in total. The molecule has 0 atom stereocenters. The largest absolute Gasteiger partial charge is 0.349 e. The van der Waals surface area contributed by atoms with Gasteiger partial charge in [0.05, 0.1) is 6.54 Å². The Morgan fingerprint density at radius 3 is 3.06 bits per heavy atom. The van der Waals surface area contributed by atoms with Gasteiger partial charge in [-0.05, 0) is 19.4 Å². The molecule has 2 aromatic rings. The molecule has 5 heteroatoms. The van der Waals surface area contributed by atoms with E-state index in [4.69, 9.17) is 0 Å². The van der Waals surface area contributed by atoms with E-state index in [1.807, 2.05) is 18.6 Å². The van der Waals surface area contributed by atoms with Crippen molar-refractivity contribution in [3.8, 4) is 0 Å². The van der Waals surface area contributed by atoms with Crippen LogP contribution in [0.4, 0.5) is 0 Å². The lowest BCUT2D eigenvalue weighted by molar-refractivity contribution is 0.576. The van der Waals surface area contributed by atoms with Crippen LogP contribution in [0.15, 0.2) is 24.8 Å². The summed E-state index contributed by atoms with van der Waals surface area (Å²) in [5.41, 5.74) is 0. The van der Waals surface area contributed by atoms with Crippen LogP contribution in [-0.4, -0.2) is 26.1 Å². The van der Waals surface area contributed by atoms with Gasteiger partial charge in [-0.1, -0.05) is 6.92 Å². The van der Waals surface area contributed by atoms with Crippen molar-refractivity contribution >= 4 is 0 Å². The maximum absolute atomic E-state index is 4.36. The van der Waals surface area contributed by atoms with E-state index in [0.29, 0.717) is 0 Å². The highest BCUT2D eigenvalue weighted by molar-refractivity contribution is 4.92. The van der Waals surface area contributed by atoms with Gasteiger partial charge in [-0.2, -0.15) is 0 Å². The highest BCUT2D eigenvalue weighted by Gasteiger charge is 2.01.